The molecule has 0 rings (SSSR count). The third kappa shape index (κ3) is 9.60. The van der Waals surface area contributed by atoms with Gasteiger partial charge in [0.2, 0.25) is 0 Å². The summed E-state index contributed by atoms with van der Waals surface area (Å²) < 4.78 is 5.70. The summed E-state index contributed by atoms with van der Waals surface area (Å²) in [6.45, 7) is 14.2. The fraction of sp³-hybridized carbons (Fsp3) is 0.750. The zero-order chi connectivity index (χ0) is 18.1. The van der Waals surface area contributed by atoms with Gasteiger partial charge < -0.3 is 10.5 Å². The highest BCUT2D eigenvalue weighted by Crippen LogP contribution is 2.30. The number of carbonyl (C=O) groups excluding carboxylic acids is 1. The molecule has 0 heterocycles. The average molecular weight is 324 g/mol. The molecule has 0 aromatic heterocycles. The van der Waals surface area contributed by atoms with Crippen LogP contribution in [-0.2, 0) is 9.53 Å². The molecule has 0 aliphatic heterocycles. The topological polar surface area (TPSA) is 52.3 Å². The molecule has 0 aromatic rings. The number of hydrogen-bond donors (Lipinski definition) is 1. The fourth-order valence-corrected chi connectivity index (χ4v) is 2.82. The molecule has 3 heteroatoms. The second kappa shape index (κ2) is 9.92. The molecule has 0 aromatic carbocycles. The first-order valence-corrected chi connectivity index (χ1v) is 8.73. The van der Waals surface area contributed by atoms with E-state index in [0.717, 1.165) is 19.3 Å². The Kier molecular flexibility index (Phi) is 9.45. The number of allylic oxidation sites excluding steroid dienone is 3. The molecule has 3 nitrogen and oxygen atoms in total. The highest BCUT2D eigenvalue weighted by molar-refractivity contribution is 5.76. The lowest BCUT2D eigenvalue weighted by molar-refractivity contribution is -0.160. The molecule has 2 unspecified atom stereocenters. The van der Waals surface area contributed by atoms with Gasteiger partial charge in [-0.05, 0) is 65.7 Å². The summed E-state index contributed by atoms with van der Waals surface area (Å²) in [7, 11) is 0. The van der Waals surface area contributed by atoms with Crippen LogP contribution in [-0.4, -0.2) is 18.1 Å². The number of carbonyl (C=O) groups is 1. The molecule has 0 saturated carbocycles. The summed E-state index contributed by atoms with van der Waals surface area (Å²) in [5.41, 5.74) is 5.68. The Morgan fingerprint density at radius 2 is 1.65 bits per heavy atom. The Bertz CT molecular complexity index is 408. The van der Waals surface area contributed by atoms with Crippen molar-refractivity contribution < 1.29 is 9.53 Å². The van der Waals surface area contributed by atoms with Gasteiger partial charge in [0, 0.05) is 6.04 Å². The molecule has 0 fully saturated rings. The minimum absolute atomic E-state index is 0.0183. The molecule has 0 bridgehead atoms. The average Bonchev–Trinajstić information content (AvgIpc) is 2.41. The molecular weight excluding hydrogens is 286 g/mol. The SMILES string of the molecule is C/C=C/CC(N)CC(C)(C)C(=O)OC(C)CC(C)(C)C/C=C/C. The number of hydrogen-bond acceptors (Lipinski definition) is 3. The normalized spacial score (nSPS) is 16.0. The van der Waals surface area contributed by atoms with Crippen LogP contribution in [0.1, 0.15) is 74.1 Å². The van der Waals surface area contributed by atoms with Gasteiger partial charge in [0.1, 0.15) is 0 Å². The third-order valence-electron chi connectivity index (χ3n) is 4.05. The van der Waals surface area contributed by atoms with Crippen molar-refractivity contribution in [2.24, 2.45) is 16.6 Å². The van der Waals surface area contributed by atoms with Crippen LogP contribution in [0.4, 0.5) is 0 Å². The zero-order valence-corrected chi connectivity index (χ0v) is 16.2. The van der Waals surface area contributed by atoms with Crippen molar-refractivity contribution in [3.05, 3.63) is 24.3 Å². The summed E-state index contributed by atoms with van der Waals surface area (Å²) in [5.74, 6) is -0.150. The van der Waals surface area contributed by atoms with Gasteiger partial charge in [-0.15, -0.1) is 0 Å². The monoisotopic (exact) mass is 323 g/mol. The second-order valence-electron chi connectivity index (χ2n) is 8.01. The quantitative estimate of drug-likeness (QED) is 0.454. The van der Waals surface area contributed by atoms with Crippen LogP contribution in [0.25, 0.3) is 0 Å². The first-order valence-electron chi connectivity index (χ1n) is 8.73. The third-order valence-corrected chi connectivity index (χ3v) is 4.05. The predicted octanol–water partition coefficient (Wildman–Crippen LogP) is 5.01. The van der Waals surface area contributed by atoms with E-state index in [2.05, 4.69) is 26.0 Å². The minimum Gasteiger partial charge on any atom is -0.462 e. The lowest BCUT2D eigenvalue weighted by Crippen LogP contribution is -2.36. The predicted molar refractivity (Wildman–Crippen MR) is 99.2 cm³/mol. The van der Waals surface area contributed by atoms with Crippen LogP contribution < -0.4 is 5.73 Å². The van der Waals surface area contributed by atoms with E-state index < -0.39 is 5.41 Å². The Morgan fingerprint density at radius 1 is 1.09 bits per heavy atom. The van der Waals surface area contributed by atoms with Gasteiger partial charge in [-0.2, -0.15) is 0 Å². The van der Waals surface area contributed by atoms with Crippen molar-refractivity contribution >= 4 is 5.97 Å². The first kappa shape index (κ1) is 21.9. The number of ether oxygens (including phenoxy) is 1. The van der Waals surface area contributed by atoms with Crippen LogP contribution in [0.2, 0.25) is 0 Å². The van der Waals surface area contributed by atoms with E-state index in [9.17, 15) is 4.79 Å². The summed E-state index contributed by atoms with van der Waals surface area (Å²) in [5, 5.41) is 0. The summed E-state index contributed by atoms with van der Waals surface area (Å²) in [6.07, 6.45) is 11.4. The van der Waals surface area contributed by atoms with E-state index in [1.807, 2.05) is 46.8 Å². The van der Waals surface area contributed by atoms with Crippen molar-refractivity contribution in [2.75, 3.05) is 0 Å². The molecule has 0 amide bonds. The van der Waals surface area contributed by atoms with E-state index in [4.69, 9.17) is 10.5 Å². The first-order chi connectivity index (χ1) is 10.5. The van der Waals surface area contributed by atoms with Crippen LogP contribution in [0.3, 0.4) is 0 Å². The largest absolute Gasteiger partial charge is 0.462 e. The molecule has 0 aliphatic carbocycles. The van der Waals surface area contributed by atoms with Crippen LogP contribution in [0.5, 0.6) is 0 Å². The highest BCUT2D eigenvalue weighted by Gasteiger charge is 2.33. The number of nitrogens with two attached hydrogens (primary N) is 1. The molecule has 0 aliphatic rings. The maximum atomic E-state index is 12.5. The van der Waals surface area contributed by atoms with E-state index in [0.29, 0.717) is 6.42 Å². The maximum Gasteiger partial charge on any atom is 0.311 e. The second-order valence-corrected chi connectivity index (χ2v) is 8.01. The van der Waals surface area contributed by atoms with Crippen LogP contribution >= 0.6 is 0 Å². The Labute approximate surface area is 143 Å². The smallest absolute Gasteiger partial charge is 0.311 e. The van der Waals surface area contributed by atoms with E-state index in [1.54, 1.807) is 0 Å². The van der Waals surface area contributed by atoms with Crippen molar-refractivity contribution in [3.8, 4) is 0 Å². The summed E-state index contributed by atoms with van der Waals surface area (Å²) >= 11 is 0. The van der Waals surface area contributed by atoms with Gasteiger partial charge in [0.05, 0.1) is 11.5 Å². The fourth-order valence-electron chi connectivity index (χ4n) is 2.82. The van der Waals surface area contributed by atoms with Gasteiger partial charge in [0.25, 0.3) is 0 Å². The standard InChI is InChI=1S/C20H37NO2/c1-8-10-12-17(21)15-20(6,7)18(22)23-16(3)14-19(4,5)13-11-9-2/h8-11,16-17H,12-15,21H2,1-7H3/b10-8+,11-9+. The Morgan fingerprint density at radius 3 is 2.17 bits per heavy atom. The van der Waals surface area contributed by atoms with E-state index in [1.165, 1.54) is 0 Å². The van der Waals surface area contributed by atoms with Crippen molar-refractivity contribution in [3.63, 3.8) is 0 Å². The van der Waals surface area contributed by atoms with Crippen LogP contribution in [0.15, 0.2) is 24.3 Å². The Hall–Kier alpha value is -1.09. The highest BCUT2D eigenvalue weighted by atomic mass is 16.5. The molecular formula is C20H37NO2. The van der Waals surface area contributed by atoms with Crippen molar-refractivity contribution in [1.82, 2.24) is 0 Å². The van der Waals surface area contributed by atoms with Crippen LogP contribution in [0, 0.1) is 10.8 Å². The van der Waals surface area contributed by atoms with Gasteiger partial charge in [-0.3, -0.25) is 4.79 Å². The lowest BCUT2D eigenvalue weighted by Gasteiger charge is -2.30. The number of esters is 1. The lowest BCUT2D eigenvalue weighted by atomic mass is 9.83. The molecule has 23 heavy (non-hydrogen) atoms. The molecule has 0 radical (unpaired) electrons. The molecule has 2 N–H and O–H groups in total. The maximum absolute atomic E-state index is 12.5. The van der Waals surface area contributed by atoms with Gasteiger partial charge in [-0.25, -0.2) is 0 Å². The number of rotatable bonds is 10. The van der Waals surface area contributed by atoms with Gasteiger partial charge in [-0.1, -0.05) is 38.2 Å². The molecule has 134 valence electrons. The van der Waals surface area contributed by atoms with Gasteiger partial charge >= 0.3 is 5.97 Å². The zero-order valence-electron chi connectivity index (χ0n) is 16.2. The Balaban J connectivity index is 4.53. The van der Waals surface area contributed by atoms with Crippen molar-refractivity contribution in [1.29, 1.82) is 0 Å². The summed E-state index contributed by atoms with van der Waals surface area (Å²) in [6, 6.07) is -0.0183. The van der Waals surface area contributed by atoms with E-state index >= 15 is 0 Å². The van der Waals surface area contributed by atoms with Gasteiger partial charge in [0.15, 0.2) is 0 Å². The molecule has 0 spiro atoms. The summed E-state index contributed by atoms with van der Waals surface area (Å²) in [4.78, 5) is 12.5. The molecule has 2 atom stereocenters. The van der Waals surface area contributed by atoms with E-state index in [-0.39, 0.29) is 23.5 Å². The molecule has 0 saturated heterocycles. The van der Waals surface area contributed by atoms with Crippen molar-refractivity contribution in [2.45, 2.75) is 86.3 Å². The minimum atomic E-state index is -0.553.